The van der Waals surface area contributed by atoms with Crippen LogP contribution in [0.1, 0.15) is 18.2 Å². The third-order valence-electron chi connectivity index (χ3n) is 3.86. The smallest absolute Gasteiger partial charge is 0.348 e. The average Bonchev–Trinajstić information content (AvgIpc) is 2.56. The minimum atomic E-state index is -3.20. The van der Waals surface area contributed by atoms with Gasteiger partial charge in [0.15, 0.2) is 0 Å². The van der Waals surface area contributed by atoms with Crippen molar-refractivity contribution in [3.05, 3.63) is 68.7 Å². The average molecular weight is 409 g/mol. The number of fused-ring (bicyclic) bond motifs is 1. The van der Waals surface area contributed by atoms with Gasteiger partial charge in [-0.25, -0.2) is 4.79 Å². The van der Waals surface area contributed by atoms with Crippen molar-refractivity contribution >= 4 is 26.8 Å². The minimum absolute atomic E-state index is 0.221. The van der Waals surface area contributed by atoms with Gasteiger partial charge < -0.3 is 4.74 Å². The van der Waals surface area contributed by atoms with Crippen molar-refractivity contribution in [1.82, 2.24) is 9.55 Å². The first-order chi connectivity index (χ1) is 11.8. The van der Waals surface area contributed by atoms with E-state index < -0.39 is 17.3 Å². The van der Waals surface area contributed by atoms with Gasteiger partial charge in [-0.3, -0.25) is 4.57 Å². The summed E-state index contributed by atoms with van der Waals surface area (Å²) in [7, 11) is 1.57. The normalized spacial score (nSPS) is 11.7. The molecule has 1 heterocycles. The highest BCUT2D eigenvalue weighted by molar-refractivity contribution is 9.10. The van der Waals surface area contributed by atoms with Crippen molar-refractivity contribution in [2.75, 3.05) is 7.11 Å². The van der Waals surface area contributed by atoms with Crippen LogP contribution in [0.4, 0.5) is 8.78 Å². The summed E-state index contributed by atoms with van der Waals surface area (Å²) in [5.41, 5.74) is 0.0210. The molecule has 0 saturated heterocycles. The number of alkyl halides is 2. The van der Waals surface area contributed by atoms with Crippen LogP contribution < -0.4 is 10.4 Å². The lowest BCUT2D eigenvalue weighted by atomic mass is 10.1. The molecule has 0 amide bonds. The number of halogens is 3. The van der Waals surface area contributed by atoms with E-state index in [9.17, 15) is 13.6 Å². The van der Waals surface area contributed by atoms with Gasteiger partial charge in [0.1, 0.15) is 11.4 Å². The number of hydrogen-bond acceptors (Lipinski definition) is 3. The monoisotopic (exact) mass is 408 g/mol. The van der Waals surface area contributed by atoms with Gasteiger partial charge in [0.2, 0.25) is 0 Å². The maximum atomic E-state index is 13.9. The van der Waals surface area contributed by atoms with Crippen LogP contribution >= 0.6 is 15.9 Å². The quantitative estimate of drug-likeness (QED) is 0.645. The lowest BCUT2D eigenvalue weighted by Gasteiger charge is -2.16. The Morgan fingerprint density at radius 3 is 2.48 bits per heavy atom. The van der Waals surface area contributed by atoms with Crippen molar-refractivity contribution in [3.8, 4) is 5.75 Å². The van der Waals surface area contributed by atoms with Gasteiger partial charge in [0.25, 0.3) is 5.92 Å². The predicted molar refractivity (Wildman–Crippen MR) is 95.4 cm³/mol. The van der Waals surface area contributed by atoms with Crippen LogP contribution in [-0.2, 0) is 12.5 Å². The lowest BCUT2D eigenvalue weighted by molar-refractivity contribution is 0.0140. The Morgan fingerprint density at radius 2 is 1.88 bits per heavy atom. The van der Waals surface area contributed by atoms with Crippen LogP contribution in [0, 0.1) is 0 Å². The molecule has 0 aliphatic rings. The topological polar surface area (TPSA) is 44.1 Å². The second-order valence-corrected chi connectivity index (χ2v) is 6.64. The van der Waals surface area contributed by atoms with E-state index in [0.717, 1.165) is 12.5 Å². The number of methoxy groups -OCH3 is 1. The van der Waals surface area contributed by atoms with E-state index in [1.54, 1.807) is 37.4 Å². The lowest BCUT2D eigenvalue weighted by Crippen LogP contribution is -2.28. The van der Waals surface area contributed by atoms with Gasteiger partial charge in [0, 0.05) is 16.8 Å². The number of rotatable bonds is 4. The zero-order valence-corrected chi connectivity index (χ0v) is 15.2. The molecule has 0 aliphatic carbocycles. The number of hydrogen-bond donors (Lipinski definition) is 0. The van der Waals surface area contributed by atoms with Crippen LogP contribution in [-0.4, -0.2) is 16.7 Å². The standard InChI is InChI=1S/C18H15BrF2N2O2/c1-18(20,21)16-14-8-5-12(19)9-15(14)23(17(24)22-16)10-11-3-6-13(25-2)7-4-11/h3-9H,10H2,1-2H3. The molecule has 0 fully saturated rings. The Hall–Kier alpha value is -2.28. The molecule has 0 aliphatic heterocycles. The maximum Gasteiger partial charge on any atom is 0.348 e. The first kappa shape index (κ1) is 17.5. The first-order valence-electron chi connectivity index (χ1n) is 7.51. The highest BCUT2D eigenvalue weighted by Crippen LogP contribution is 2.31. The Bertz CT molecular complexity index is 979. The summed E-state index contributed by atoms with van der Waals surface area (Å²) >= 11 is 3.33. The third kappa shape index (κ3) is 3.56. The molecule has 0 radical (unpaired) electrons. The summed E-state index contributed by atoms with van der Waals surface area (Å²) < 4.78 is 34.9. The van der Waals surface area contributed by atoms with E-state index in [1.807, 2.05) is 12.1 Å². The molecule has 0 spiro atoms. The molecule has 0 bridgehead atoms. The molecule has 0 atom stereocenters. The summed E-state index contributed by atoms with van der Waals surface area (Å²) in [5, 5.41) is 0.254. The fourth-order valence-electron chi connectivity index (χ4n) is 2.65. The largest absolute Gasteiger partial charge is 0.497 e. The van der Waals surface area contributed by atoms with Crippen molar-refractivity contribution in [3.63, 3.8) is 0 Å². The number of ether oxygens (including phenoxy) is 1. The van der Waals surface area contributed by atoms with Crippen LogP contribution in [0.5, 0.6) is 5.75 Å². The van der Waals surface area contributed by atoms with Crippen LogP contribution in [0.15, 0.2) is 51.7 Å². The molecule has 0 unspecified atom stereocenters. The summed E-state index contributed by atoms with van der Waals surface area (Å²) in [4.78, 5) is 16.1. The third-order valence-corrected chi connectivity index (χ3v) is 4.35. The van der Waals surface area contributed by atoms with Gasteiger partial charge in [-0.05, 0) is 35.9 Å². The van der Waals surface area contributed by atoms with Crippen molar-refractivity contribution in [2.45, 2.75) is 19.4 Å². The SMILES string of the molecule is COc1ccc(Cn2c(=O)nc(C(C)(F)F)c3ccc(Br)cc32)cc1. The number of benzene rings is 2. The molecule has 4 nitrogen and oxygen atoms in total. The van der Waals surface area contributed by atoms with Crippen LogP contribution in [0.2, 0.25) is 0 Å². The first-order valence-corrected chi connectivity index (χ1v) is 8.30. The minimum Gasteiger partial charge on any atom is -0.497 e. The Morgan fingerprint density at radius 1 is 1.20 bits per heavy atom. The fraction of sp³-hybridized carbons (Fsp3) is 0.222. The van der Waals surface area contributed by atoms with E-state index in [4.69, 9.17) is 4.74 Å². The van der Waals surface area contributed by atoms with Gasteiger partial charge in [0.05, 0.1) is 19.2 Å². The molecule has 7 heteroatoms. The van der Waals surface area contributed by atoms with E-state index in [2.05, 4.69) is 20.9 Å². The van der Waals surface area contributed by atoms with Crippen molar-refractivity contribution in [1.29, 1.82) is 0 Å². The molecule has 2 aromatic carbocycles. The number of nitrogens with zero attached hydrogens (tertiary/aromatic N) is 2. The van der Waals surface area contributed by atoms with Crippen molar-refractivity contribution < 1.29 is 13.5 Å². The molecular formula is C18H15BrF2N2O2. The van der Waals surface area contributed by atoms with Gasteiger partial charge in [-0.15, -0.1) is 0 Å². The van der Waals surface area contributed by atoms with Crippen LogP contribution in [0.3, 0.4) is 0 Å². The van der Waals surface area contributed by atoms with E-state index in [0.29, 0.717) is 15.7 Å². The van der Waals surface area contributed by atoms with E-state index in [1.165, 1.54) is 4.57 Å². The maximum absolute atomic E-state index is 13.9. The zero-order chi connectivity index (χ0) is 18.2. The van der Waals surface area contributed by atoms with E-state index in [-0.39, 0.29) is 11.9 Å². The number of aromatic nitrogens is 2. The van der Waals surface area contributed by atoms with E-state index >= 15 is 0 Å². The fourth-order valence-corrected chi connectivity index (χ4v) is 3.00. The molecule has 0 N–H and O–H groups in total. The molecule has 3 aromatic rings. The molecule has 1 aromatic heterocycles. The Kier molecular flexibility index (Phi) is 4.60. The molecule has 0 saturated carbocycles. The summed E-state index contributed by atoms with van der Waals surface area (Å²) in [6.07, 6.45) is 0. The summed E-state index contributed by atoms with van der Waals surface area (Å²) in [6, 6.07) is 12.0. The zero-order valence-electron chi connectivity index (χ0n) is 13.6. The second kappa shape index (κ2) is 6.55. The predicted octanol–water partition coefficient (Wildman–Crippen LogP) is 4.33. The molecular weight excluding hydrogens is 394 g/mol. The molecule has 3 rings (SSSR count). The molecule has 25 heavy (non-hydrogen) atoms. The highest BCUT2D eigenvalue weighted by atomic mass is 79.9. The van der Waals surface area contributed by atoms with Gasteiger partial charge >= 0.3 is 5.69 Å². The molecule has 130 valence electrons. The summed E-state index contributed by atoms with van der Waals surface area (Å²) in [6.45, 7) is 0.961. The van der Waals surface area contributed by atoms with Crippen molar-refractivity contribution in [2.24, 2.45) is 0 Å². The highest BCUT2D eigenvalue weighted by Gasteiger charge is 2.30. The van der Waals surface area contributed by atoms with Crippen LogP contribution in [0.25, 0.3) is 10.9 Å². The van der Waals surface area contributed by atoms with Gasteiger partial charge in [-0.1, -0.05) is 28.1 Å². The summed E-state index contributed by atoms with van der Waals surface area (Å²) in [5.74, 6) is -2.51. The van der Waals surface area contributed by atoms with Gasteiger partial charge in [-0.2, -0.15) is 13.8 Å². The second-order valence-electron chi connectivity index (χ2n) is 5.73. The Balaban J connectivity index is 2.19. The Labute approximate surface area is 151 Å².